The van der Waals surface area contributed by atoms with Gasteiger partial charge in [0.25, 0.3) is 11.5 Å². The zero-order chi connectivity index (χ0) is 26.6. The lowest BCUT2D eigenvalue weighted by Gasteiger charge is -2.17. The van der Waals surface area contributed by atoms with Crippen molar-refractivity contribution in [3.8, 4) is 27.6 Å². The van der Waals surface area contributed by atoms with Gasteiger partial charge in [-0.25, -0.2) is 9.97 Å². The average molecular weight is 527 g/mol. The minimum atomic E-state index is -1.07. The summed E-state index contributed by atoms with van der Waals surface area (Å²) in [5.74, 6) is -2.21. The molecule has 0 radical (unpaired) electrons. The fourth-order valence-electron chi connectivity index (χ4n) is 4.34. The van der Waals surface area contributed by atoms with E-state index in [4.69, 9.17) is 5.11 Å². The van der Waals surface area contributed by atoms with Crippen LogP contribution in [-0.2, 0) is 11.2 Å². The van der Waals surface area contributed by atoms with Gasteiger partial charge >= 0.3 is 5.97 Å². The summed E-state index contributed by atoms with van der Waals surface area (Å²) in [5, 5.41) is 25.4. The van der Waals surface area contributed by atoms with Crippen LogP contribution < -0.4 is 10.9 Å². The monoisotopic (exact) mass is 526 g/mol. The normalized spacial score (nSPS) is 10.9. The SMILES string of the molecule is O=C(O)CCNC(=O)c1nc(-c2nccs2)c2[nH]c(=O)c(-c3ccccc3)c(Cc3ccccc3)c2c1O. The average Bonchev–Trinajstić information content (AvgIpc) is 3.44. The van der Waals surface area contributed by atoms with Crippen LogP contribution in [0.25, 0.3) is 32.7 Å². The Morgan fingerprint density at radius 2 is 1.74 bits per heavy atom. The molecule has 0 fully saturated rings. The number of nitrogens with one attached hydrogen (secondary N) is 2. The number of carboxylic acid groups (broad SMARTS) is 1. The summed E-state index contributed by atoms with van der Waals surface area (Å²) < 4.78 is 0. The molecular formula is C28H22N4O5S. The zero-order valence-electron chi connectivity index (χ0n) is 20.0. The highest BCUT2D eigenvalue weighted by atomic mass is 32.1. The van der Waals surface area contributed by atoms with Gasteiger partial charge in [-0.15, -0.1) is 11.3 Å². The van der Waals surface area contributed by atoms with Crippen molar-refractivity contribution in [2.45, 2.75) is 12.8 Å². The number of amides is 1. The van der Waals surface area contributed by atoms with Crippen molar-refractivity contribution >= 4 is 34.1 Å². The highest BCUT2D eigenvalue weighted by Crippen LogP contribution is 2.39. The molecule has 0 bridgehead atoms. The molecule has 0 aliphatic carbocycles. The second kappa shape index (κ2) is 10.7. The number of hydrogen-bond acceptors (Lipinski definition) is 7. The fraction of sp³-hybridized carbons (Fsp3) is 0.107. The number of benzene rings is 2. The minimum absolute atomic E-state index is 0.141. The third kappa shape index (κ3) is 4.89. The molecule has 4 N–H and O–H groups in total. The number of aliphatic carboxylic acids is 1. The lowest BCUT2D eigenvalue weighted by molar-refractivity contribution is -0.136. The number of pyridine rings is 2. The number of aromatic hydroxyl groups is 1. The van der Waals surface area contributed by atoms with E-state index in [2.05, 4.69) is 20.3 Å². The van der Waals surface area contributed by atoms with Crippen molar-refractivity contribution in [2.24, 2.45) is 0 Å². The number of thiazole rings is 1. The van der Waals surface area contributed by atoms with Gasteiger partial charge in [0.1, 0.15) is 10.7 Å². The highest BCUT2D eigenvalue weighted by molar-refractivity contribution is 7.13. The van der Waals surface area contributed by atoms with Crippen molar-refractivity contribution in [3.05, 3.63) is 99.4 Å². The molecule has 3 aromatic heterocycles. The van der Waals surface area contributed by atoms with Gasteiger partial charge in [-0.2, -0.15) is 0 Å². The summed E-state index contributed by atoms with van der Waals surface area (Å²) in [6.45, 7) is -0.141. The fourth-order valence-corrected chi connectivity index (χ4v) is 4.97. The molecule has 190 valence electrons. The summed E-state index contributed by atoms with van der Waals surface area (Å²) in [4.78, 5) is 49.2. The van der Waals surface area contributed by atoms with Crippen molar-refractivity contribution in [1.29, 1.82) is 0 Å². The molecule has 9 nitrogen and oxygen atoms in total. The van der Waals surface area contributed by atoms with E-state index in [1.54, 1.807) is 11.6 Å². The molecule has 10 heteroatoms. The topological polar surface area (TPSA) is 145 Å². The maximum atomic E-state index is 13.6. The highest BCUT2D eigenvalue weighted by Gasteiger charge is 2.26. The summed E-state index contributed by atoms with van der Waals surface area (Å²) >= 11 is 1.27. The second-order valence-electron chi connectivity index (χ2n) is 8.48. The third-order valence-electron chi connectivity index (χ3n) is 6.00. The van der Waals surface area contributed by atoms with Crippen LogP contribution in [-0.4, -0.2) is 43.6 Å². The standard InChI is InChI=1S/C28H22N4O5S/c33-19(34)11-12-29-27(37)24-25(35)21-18(15-16-7-3-1-4-8-16)20(17-9-5-2-6-10-17)26(36)32-22(21)23(31-24)28-30-13-14-38-28/h1-10,13-14,35H,11-12,15H2,(H,29,37)(H,32,36)(H,33,34). The molecule has 0 saturated carbocycles. The molecule has 5 rings (SSSR count). The van der Waals surface area contributed by atoms with Gasteiger partial charge in [0.05, 0.1) is 17.5 Å². The Bertz CT molecular complexity index is 1680. The molecule has 0 aliphatic rings. The number of H-pyrrole nitrogens is 1. The molecule has 3 heterocycles. The molecular weight excluding hydrogens is 504 g/mol. The maximum absolute atomic E-state index is 13.6. The summed E-state index contributed by atoms with van der Waals surface area (Å²) in [5.41, 5.74) is 2.29. The molecule has 0 spiro atoms. The zero-order valence-corrected chi connectivity index (χ0v) is 20.8. The van der Waals surface area contributed by atoms with Crippen LogP contribution in [0.15, 0.2) is 77.0 Å². The van der Waals surface area contributed by atoms with Crippen LogP contribution in [0.1, 0.15) is 28.0 Å². The first kappa shape index (κ1) is 24.8. The van der Waals surface area contributed by atoms with E-state index in [0.29, 0.717) is 28.1 Å². The number of fused-ring (bicyclic) bond motifs is 1. The predicted octanol–water partition coefficient (Wildman–Crippen LogP) is 4.21. The Balaban J connectivity index is 1.83. The Morgan fingerprint density at radius 1 is 1.03 bits per heavy atom. The molecule has 0 aliphatic heterocycles. The number of aromatic amines is 1. The summed E-state index contributed by atoms with van der Waals surface area (Å²) in [6, 6.07) is 18.6. The van der Waals surface area contributed by atoms with Crippen LogP contribution in [0.5, 0.6) is 5.75 Å². The maximum Gasteiger partial charge on any atom is 0.305 e. The van der Waals surface area contributed by atoms with Crippen molar-refractivity contribution in [3.63, 3.8) is 0 Å². The second-order valence-corrected chi connectivity index (χ2v) is 9.38. The van der Waals surface area contributed by atoms with E-state index in [9.17, 15) is 19.5 Å². The van der Waals surface area contributed by atoms with Crippen molar-refractivity contribution < 1.29 is 19.8 Å². The number of rotatable bonds is 8. The van der Waals surface area contributed by atoms with Gasteiger partial charge in [0.2, 0.25) is 0 Å². The first-order valence-electron chi connectivity index (χ1n) is 11.7. The number of carbonyl (C=O) groups excluding carboxylic acids is 1. The van der Waals surface area contributed by atoms with Gasteiger partial charge < -0.3 is 20.5 Å². The Morgan fingerprint density at radius 3 is 2.39 bits per heavy atom. The van der Waals surface area contributed by atoms with Crippen molar-refractivity contribution in [2.75, 3.05) is 6.54 Å². The van der Waals surface area contributed by atoms with Crippen LogP contribution in [0, 0.1) is 0 Å². The minimum Gasteiger partial charge on any atom is -0.505 e. The van der Waals surface area contributed by atoms with Gasteiger partial charge in [0.15, 0.2) is 11.4 Å². The lowest BCUT2D eigenvalue weighted by Crippen LogP contribution is -2.27. The van der Waals surface area contributed by atoms with Crippen LogP contribution >= 0.6 is 11.3 Å². The molecule has 38 heavy (non-hydrogen) atoms. The van der Waals surface area contributed by atoms with Gasteiger partial charge in [-0.05, 0) is 23.1 Å². The van der Waals surface area contributed by atoms with Crippen LogP contribution in [0.3, 0.4) is 0 Å². The Kier molecular flexibility index (Phi) is 6.96. The molecule has 1 amide bonds. The summed E-state index contributed by atoms with van der Waals surface area (Å²) in [6.07, 6.45) is 1.58. The number of carbonyl (C=O) groups is 2. The largest absolute Gasteiger partial charge is 0.505 e. The van der Waals surface area contributed by atoms with Crippen LogP contribution in [0.2, 0.25) is 0 Å². The van der Waals surface area contributed by atoms with Crippen LogP contribution in [0.4, 0.5) is 0 Å². The Labute approximate surface area is 220 Å². The molecule has 0 saturated heterocycles. The molecule has 0 atom stereocenters. The Hall–Kier alpha value is -4.83. The molecule has 0 unspecified atom stereocenters. The predicted molar refractivity (Wildman–Crippen MR) is 144 cm³/mol. The van der Waals surface area contributed by atoms with E-state index < -0.39 is 17.6 Å². The third-order valence-corrected chi connectivity index (χ3v) is 6.78. The smallest absolute Gasteiger partial charge is 0.305 e. The quantitative estimate of drug-likeness (QED) is 0.237. The van der Waals surface area contributed by atoms with Gasteiger partial charge in [-0.3, -0.25) is 14.4 Å². The first-order chi connectivity index (χ1) is 18.4. The number of hydrogen-bond donors (Lipinski definition) is 4. The number of carboxylic acids is 1. The molecule has 5 aromatic rings. The van der Waals surface area contributed by atoms with E-state index in [1.165, 1.54) is 11.3 Å². The van der Waals surface area contributed by atoms with Gasteiger partial charge in [0, 0.05) is 23.5 Å². The number of aromatic nitrogens is 3. The molecule has 2 aromatic carbocycles. The van der Waals surface area contributed by atoms with E-state index in [0.717, 1.165) is 5.56 Å². The lowest BCUT2D eigenvalue weighted by atomic mass is 9.91. The van der Waals surface area contributed by atoms with E-state index in [1.807, 2.05) is 60.7 Å². The summed E-state index contributed by atoms with van der Waals surface area (Å²) in [7, 11) is 0. The first-order valence-corrected chi connectivity index (χ1v) is 12.6. The van der Waals surface area contributed by atoms with E-state index >= 15 is 0 Å². The van der Waals surface area contributed by atoms with Gasteiger partial charge in [-0.1, -0.05) is 60.7 Å². The number of nitrogens with zero attached hydrogens (tertiary/aromatic N) is 2. The van der Waals surface area contributed by atoms with E-state index in [-0.39, 0.29) is 40.8 Å². The van der Waals surface area contributed by atoms with Crippen molar-refractivity contribution in [1.82, 2.24) is 20.3 Å².